The Balaban J connectivity index is 0.00000324. The van der Waals surface area contributed by atoms with Gasteiger partial charge in [0.1, 0.15) is 6.61 Å². The number of methoxy groups -OCH3 is 1. The van der Waals surface area contributed by atoms with Crippen LogP contribution in [-0.2, 0) is 9.47 Å². The lowest BCUT2D eigenvalue weighted by Gasteiger charge is -2.10. The SMILES string of the molecule is COc1ccccc1OCCOCCOCCN.Cl. The van der Waals surface area contributed by atoms with Gasteiger partial charge in [-0.05, 0) is 12.1 Å². The molecule has 1 aromatic carbocycles. The minimum Gasteiger partial charge on any atom is -0.493 e. The molecule has 1 rings (SSSR count). The molecule has 0 saturated carbocycles. The van der Waals surface area contributed by atoms with Crippen LogP contribution in [0.3, 0.4) is 0 Å². The van der Waals surface area contributed by atoms with E-state index in [-0.39, 0.29) is 12.4 Å². The second-order valence-corrected chi connectivity index (χ2v) is 3.51. The van der Waals surface area contributed by atoms with E-state index in [0.29, 0.717) is 39.6 Å². The standard InChI is InChI=1S/C13H21NO4.ClH/c1-15-12-4-2-3-5-13(12)18-11-10-17-9-8-16-7-6-14;/h2-5H,6-11,14H2,1H3;1H. The summed E-state index contributed by atoms with van der Waals surface area (Å²) in [7, 11) is 1.62. The van der Waals surface area contributed by atoms with Crippen LogP contribution in [0.2, 0.25) is 0 Å². The van der Waals surface area contributed by atoms with E-state index in [0.717, 1.165) is 11.5 Å². The highest BCUT2D eigenvalue weighted by molar-refractivity contribution is 5.85. The predicted octanol–water partition coefficient (Wildman–Crippen LogP) is 1.49. The van der Waals surface area contributed by atoms with Crippen LogP contribution < -0.4 is 15.2 Å². The smallest absolute Gasteiger partial charge is 0.161 e. The number of ether oxygens (including phenoxy) is 4. The zero-order valence-corrected chi connectivity index (χ0v) is 12.0. The minimum atomic E-state index is 0. The van der Waals surface area contributed by atoms with E-state index < -0.39 is 0 Å². The van der Waals surface area contributed by atoms with Crippen molar-refractivity contribution >= 4 is 12.4 Å². The summed E-state index contributed by atoms with van der Waals surface area (Å²) in [6.07, 6.45) is 0. The number of para-hydroxylation sites is 2. The van der Waals surface area contributed by atoms with E-state index in [4.69, 9.17) is 24.7 Å². The van der Waals surface area contributed by atoms with Crippen molar-refractivity contribution in [3.05, 3.63) is 24.3 Å². The Hall–Kier alpha value is -1.01. The number of hydrogen-bond donors (Lipinski definition) is 1. The highest BCUT2D eigenvalue weighted by Gasteiger charge is 2.01. The quantitative estimate of drug-likeness (QED) is 0.662. The molecule has 0 bridgehead atoms. The van der Waals surface area contributed by atoms with Gasteiger partial charge in [0.2, 0.25) is 0 Å². The molecule has 19 heavy (non-hydrogen) atoms. The van der Waals surface area contributed by atoms with E-state index in [1.807, 2.05) is 24.3 Å². The minimum absolute atomic E-state index is 0. The number of hydrogen-bond acceptors (Lipinski definition) is 5. The normalized spacial score (nSPS) is 9.79. The van der Waals surface area contributed by atoms with E-state index in [2.05, 4.69) is 0 Å². The van der Waals surface area contributed by atoms with Crippen LogP contribution >= 0.6 is 12.4 Å². The molecule has 5 nitrogen and oxygen atoms in total. The Bertz CT molecular complexity index is 325. The first-order valence-corrected chi connectivity index (χ1v) is 6.00. The molecule has 0 aliphatic heterocycles. The maximum Gasteiger partial charge on any atom is 0.161 e. The van der Waals surface area contributed by atoms with Gasteiger partial charge in [-0.1, -0.05) is 12.1 Å². The average Bonchev–Trinajstić information content (AvgIpc) is 2.42. The fourth-order valence-electron chi connectivity index (χ4n) is 1.35. The Labute approximate surface area is 120 Å². The molecule has 0 unspecified atom stereocenters. The summed E-state index contributed by atoms with van der Waals surface area (Å²) >= 11 is 0. The maximum absolute atomic E-state index is 5.54. The fraction of sp³-hybridized carbons (Fsp3) is 0.538. The van der Waals surface area contributed by atoms with Crippen LogP contribution in [0.4, 0.5) is 0 Å². The van der Waals surface area contributed by atoms with Crippen molar-refractivity contribution in [3.63, 3.8) is 0 Å². The molecule has 0 saturated heterocycles. The van der Waals surface area contributed by atoms with Gasteiger partial charge in [-0.2, -0.15) is 0 Å². The van der Waals surface area contributed by atoms with Gasteiger partial charge in [0.15, 0.2) is 11.5 Å². The van der Waals surface area contributed by atoms with Crippen molar-refractivity contribution in [3.8, 4) is 11.5 Å². The predicted molar refractivity (Wildman–Crippen MR) is 76.4 cm³/mol. The van der Waals surface area contributed by atoms with Gasteiger partial charge >= 0.3 is 0 Å². The molecule has 0 aliphatic carbocycles. The molecule has 0 aromatic heterocycles. The Morgan fingerprint density at radius 1 is 0.895 bits per heavy atom. The molecule has 110 valence electrons. The molecule has 0 heterocycles. The second-order valence-electron chi connectivity index (χ2n) is 3.51. The fourth-order valence-corrected chi connectivity index (χ4v) is 1.35. The molecule has 2 N–H and O–H groups in total. The summed E-state index contributed by atoms with van der Waals surface area (Å²) in [6, 6.07) is 7.52. The van der Waals surface area contributed by atoms with Gasteiger partial charge in [-0.25, -0.2) is 0 Å². The zero-order valence-electron chi connectivity index (χ0n) is 11.2. The number of rotatable bonds is 10. The van der Waals surface area contributed by atoms with Crippen molar-refractivity contribution in [1.29, 1.82) is 0 Å². The molecule has 0 radical (unpaired) electrons. The van der Waals surface area contributed by atoms with Crippen molar-refractivity contribution in [1.82, 2.24) is 0 Å². The first-order chi connectivity index (χ1) is 8.88. The molecule has 6 heteroatoms. The largest absolute Gasteiger partial charge is 0.493 e. The summed E-state index contributed by atoms with van der Waals surface area (Å²) in [6.45, 7) is 3.22. The van der Waals surface area contributed by atoms with Crippen molar-refractivity contribution in [2.24, 2.45) is 5.73 Å². The van der Waals surface area contributed by atoms with Crippen LogP contribution in [0.1, 0.15) is 0 Å². The zero-order chi connectivity index (χ0) is 13.1. The lowest BCUT2D eigenvalue weighted by Crippen LogP contribution is -2.14. The van der Waals surface area contributed by atoms with Crippen molar-refractivity contribution in [2.75, 3.05) is 46.7 Å². The summed E-state index contributed by atoms with van der Waals surface area (Å²) in [4.78, 5) is 0. The molecule has 0 aliphatic rings. The van der Waals surface area contributed by atoms with Gasteiger partial charge in [-0.15, -0.1) is 12.4 Å². The highest BCUT2D eigenvalue weighted by Crippen LogP contribution is 2.25. The lowest BCUT2D eigenvalue weighted by atomic mass is 10.3. The summed E-state index contributed by atoms with van der Waals surface area (Å²) in [5.74, 6) is 1.45. The van der Waals surface area contributed by atoms with Crippen LogP contribution in [0.25, 0.3) is 0 Å². The molecule has 0 amide bonds. The van der Waals surface area contributed by atoms with E-state index in [9.17, 15) is 0 Å². The number of halogens is 1. The van der Waals surface area contributed by atoms with Crippen LogP contribution in [0.15, 0.2) is 24.3 Å². The van der Waals surface area contributed by atoms with Crippen LogP contribution in [-0.4, -0.2) is 46.7 Å². The Morgan fingerprint density at radius 3 is 2.11 bits per heavy atom. The summed E-state index contributed by atoms with van der Waals surface area (Å²) in [5.41, 5.74) is 5.29. The van der Waals surface area contributed by atoms with Crippen molar-refractivity contribution < 1.29 is 18.9 Å². The topological polar surface area (TPSA) is 62.9 Å². The average molecular weight is 292 g/mol. The highest BCUT2D eigenvalue weighted by atomic mass is 35.5. The molecular weight excluding hydrogens is 270 g/mol. The molecule has 0 spiro atoms. The molecule has 0 fully saturated rings. The third-order valence-corrected chi connectivity index (χ3v) is 2.19. The van der Waals surface area contributed by atoms with Gasteiger partial charge in [0, 0.05) is 6.54 Å². The first-order valence-electron chi connectivity index (χ1n) is 6.00. The van der Waals surface area contributed by atoms with Crippen LogP contribution in [0.5, 0.6) is 11.5 Å². The summed E-state index contributed by atoms with van der Waals surface area (Å²) < 4.78 is 21.2. The number of nitrogens with two attached hydrogens (primary N) is 1. The van der Waals surface area contributed by atoms with E-state index in [1.165, 1.54) is 0 Å². The second kappa shape index (κ2) is 12.0. The van der Waals surface area contributed by atoms with Gasteiger partial charge in [0.05, 0.1) is 33.5 Å². The monoisotopic (exact) mass is 291 g/mol. The van der Waals surface area contributed by atoms with Crippen LogP contribution in [0, 0.1) is 0 Å². The van der Waals surface area contributed by atoms with Gasteiger partial charge in [-0.3, -0.25) is 0 Å². The van der Waals surface area contributed by atoms with Crippen molar-refractivity contribution in [2.45, 2.75) is 0 Å². The third kappa shape index (κ3) is 7.89. The Kier molecular flexibility index (Phi) is 11.4. The summed E-state index contributed by atoms with van der Waals surface area (Å²) in [5, 5.41) is 0. The van der Waals surface area contributed by atoms with Gasteiger partial charge in [0.25, 0.3) is 0 Å². The molecular formula is C13H22ClNO4. The van der Waals surface area contributed by atoms with E-state index in [1.54, 1.807) is 7.11 Å². The number of benzene rings is 1. The lowest BCUT2D eigenvalue weighted by molar-refractivity contribution is 0.0385. The molecule has 0 atom stereocenters. The molecule has 1 aromatic rings. The third-order valence-electron chi connectivity index (χ3n) is 2.19. The van der Waals surface area contributed by atoms with Gasteiger partial charge < -0.3 is 24.7 Å². The Morgan fingerprint density at radius 2 is 1.47 bits per heavy atom. The first kappa shape index (κ1) is 18.0. The van der Waals surface area contributed by atoms with E-state index >= 15 is 0 Å². The maximum atomic E-state index is 5.54.